The average molecular weight is 693 g/mol. The molecule has 0 N–H and O–H groups in total. The minimum Gasteiger partial charge on any atom is -0.428 e. The van der Waals surface area contributed by atoms with E-state index in [1.807, 2.05) is 0 Å². The molecule has 0 bridgehead atoms. The van der Waals surface area contributed by atoms with Gasteiger partial charge in [0, 0.05) is 45.8 Å². The van der Waals surface area contributed by atoms with E-state index < -0.39 is 72.5 Å². The maximum atomic E-state index is 14.9. The molecule has 0 radical (unpaired) electrons. The van der Waals surface area contributed by atoms with Crippen LogP contribution in [0.15, 0.2) is 30.3 Å². The summed E-state index contributed by atoms with van der Waals surface area (Å²) in [6.45, 7) is 3.19. The van der Waals surface area contributed by atoms with Crippen LogP contribution < -0.4 is 9.80 Å². The van der Waals surface area contributed by atoms with Crippen molar-refractivity contribution in [2.24, 2.45) is 11.3 Å². The number of anilines is 2. The largest absolute Gasteiger partial charge is 0.428 e. The van der Waals surface area contributed by atoms with Crippen molar-refractivity contribution in [2.45, 2.75) is 51.1 Å². The Morgan fingerprint density at radius 3 is 2.23 bits per heavy atom. The molecule has 0 saturated carbocycles. The molecule has 0 aromatic heterocycles. The number of benzene rings is 2. The Balaban J connectivity index is 1.61. The van der Waals surface area contributed by atoms with Crippen molar-refractivity contribution in [3.05, 3.63) is 56.0 Å². The van der Waals surface area contributed by atoms with Gasteiger partial charge in [0.25, 0.3) is 11.8 Å². The van der Waals surface area contributed by atoms with Gasteiger partial charge in [-0.15, -0.1) is 0 Å². The molecule has 5 rings (SSSR count). The first-order valence-corrected chi connectivity index (χ1v) is 15.0. The lowest BCUT2D eigenvalue weighted by Gasteiger charge is -2.37. The van der Waals surface area contributed by atoms with Crippen LogP contribution in [0.1, 0.15) is 39.2 Å². The highest BCUT2D eigenvalue weighted by Gasteiger charge is 2.72. The zero-order chi connectivity index (χ0) is 32.5. The van der Waals surface area contributed by atoms with E-state index in [1.165, 1.54) is 42.3 Å². The van der Waals surface area contributed by atoms with Gasteiger partial charge in [0.1, 0.15) is 5.54 Å². The number of hydrogen-bond acceptors (Lipinski definition) is 7. The predicted molar refractivity (Wildman–Crippen MR) is 161 cm³/mol. The number of carbonyl (C=O) groups excluding carboxylic acids is 4. The van der Waals surface area contributed by atoms with Crippen LogP contribution in [-0.4, -0.2) is 61.1 Å². The summed E-state index contributed by atoms with van der Waals surface area (Å²) >= 11 is 25.2. The fourth-order valence-electron chi connectivity index (χ4n) is 6.15. The third-order valence-corrected chi connectivity index (χ3v) is 8.98. The average Bonchev–Trinajstić information content (AvgIpc) is 3.47. The van der Waals surface area contributed by atoms with E-state index >= 15 is 0 Å². The molecule has 2 aromatic rings. The first-order valence-electron chi connectivity index (χ1n) is 13.4. The quantitative estimate of drug-likeness (QED) is 0.254. The van der Waals surface area contributed by atoms with Gasteiger partial charge >= 0.3 is 18.0 Å². The minimum atomic E-state index is -3.19. The Labute approximate surface area is 271 Å². The molecule has 9 nitrogen and oxygen atoms in total. The Hall–Kier alpha value is -2.70. The lowest BCUT2D eigenvalue weighted by molar-refractivity contribution is -0.178. The summed E-state index contributed by atoms with van der Waals surface area (Å²) in [6, 6.07) is 5.12. The molecule has 3 amide bonds. The Kier molecular flexibility index (Phi) is 8.38. The van der Waals surface area contributed by atoms with Crippen LogP contribution in [0.5, 0.6) is 0 Å². The number of halogens is 6. The smallest absolute Gasteiger partial charge is 0.335 e. The van der Waals surface area contributed by atoms with Gasteiger partial charge in [0.15, 0.2) is 0 Å². The molecule has 44 heavy (non-hydrogen) atoms. The second-order valence-corrected chi connectivity index (χ2v) is 13.8. The molecule has 0 aliphatic carbocycles. The standard InChI is InChI=1S/C29H27Cl4F2N3O6/c1-27(2,3)25(41)44-13-43-23(39)20-10-18-11-28(34,35)12-37(18)29(20)19-8-16(32)9-21(33)22(19)38(24(29)40)26(42)36(4)17-6-14(30)5-15(31)7-17/h5-9,18,20H,10-13H2,1-4H3/t18-,20-,29+/m1/s1. The van der Waals surface area contributed by atoms with Crippen molar-refractivity contribution in [1.29, 1.82) is 0 Å². The number of fused-ring (bicyclic) bond motifs is 4. The monoisotopic (exact) mass is 691 g/mol. The van der Waals surface area contributed by atoms with Crippen molar-refractivity contribution in [2.75, 3.05) is 30.2 Å². The SMILES string of the molecule is CN(C(=O)N1C(=O)[C@]2(c3cc(Cl)cc(Cl)c31)[C@@H](C(=O)OCOC(=O)C(C)(C)C)C[C@@H]1CC(F)(F)CN12)c1cc(Cl)cc(Cl)c1. The number of esters is 2. The second-order valence-electron chi connectivity index (χ2n) is 12.1. The molecular formula is C29H27Cl4F2N3O6. The zero-order valence-corrected chi connectivity index (χ0v) is 27.0. The summed E-state index contributed by atoms with van der Waals surface area (Å²) < 4.78 is 40.1. The van der Waals surface area contributed by atoms with Crippen LogP contribution in [0.2, 0.25) is 20.1 Å². The number of amides is 3. The summed E-state index contributed by atoms with van der Waals surface area (Å²) in [7, 11) is 1.36. The molecule has 3 atom stereocenters. The van der Waals surface area contributed by atoms with Crippen molar-refractivity contribution >= 4 is 81.7 Å². The topological polar surface area (TPSA) is 96.5 Å². The maximum absolute atomic E-state index is 14.9. The number of ether oxygens (including phenoxy) is 2. The predicted octanol–water partition coefficient (Wildman–Crippen LogP) is 6.92. The maximum Gasteiger partial charge on any atom is 0.335 e. The van der Waals surface area contributed by atoms with Crippen LogP contribution in [0.3, 0.4) is 0 Å². The van der Waals surface area contributed by atoms with Crippen LogP contribution in [0.4, 0.5) is 25.0 Å². The fraction of sp³-hybridized carbons (Fsp3) is 0.448. The van der Waals surface area contributed by atoms with Crippen molar-refractivity contribution in [1.82, 2.24) is 4.90 Å². The molecule has 2 fully saturated rings. The first kappa shape index (κ1) is 32.7. The van der Waals surface area contributed by atoms with E-state index in [-0.39, 0.29) is 43.4 Å². The van der Waals surface area contributed by atoms with E-state index in [2.05, 4.69) is 0 Å². The van der Waals surface area contributed by atoms with Gasteiger partial charge in [-0.1, -0.05) is 46.4 Å². The Bertz CT molecular complexity index is 1560. The lowest BCUT2D eigenvalue weighted by Crippen LogP contribution is -2.57. The van der Waals surface area contributed by atoms with E-state index in [0.29, 0.717) is 0 Å². The molecule has 3 aliphatic heterocycles. The van der Waals surface area contributed by atoms with Gasteiger partial charge in [-0.25, -0.2) is 18.5 Å². The van der Waals surface area contributed by atoms with E-state index in [4.69, 9.17) is 55.9 Å². The van der Waals surface area contributed by atoms with Crippen LogP contribution in [-0.2, 0) is 29.4 Å². The number of hydrogen-bond donors (Lipinski definition) is 0. The summed E-state index contributed by atoms with van der Waals surface area (Å²) in [6.07, 6.45) is -0.845. The number of nitrogens with zero attached hydrogens (tertiary/aromatic N) is 3. The normalized spacial score (nSPS) is 24.0. The number of urea groups is 1. The molecule has 3 heterocycles. The molecule has 2 aromatic carbocycles. The zero-order valence-electron chi connectivity index (χ0n) is 23.9. The minimum absolute atomic E-state index is 0.000266. The fourth-order valence-corrected chi connectivity index (χ4v) is 7.24. The number of imide groups is 1. The van der Waals surface area contributed by atoms with Crippen LogP contribution in [0.25, 0.3) is 0 Å². The summed E-state index contributed by atoms with van der Waals surface area (Å²) in [4.78, 5) is 57.7. The second kappa shape index (κ2) is 11.3. The van der Waals surface area contributed by atoms with Gasteiger partial charge < -0.3 is 9.47 Å². The Morgan fingerprint density at radius 1 is 1.00 bits per heavy atom. The number of alkyl halides is 2. The van der Waals surface area contributed by atoms with Gasteiger partial charge in [-0.05, 0) is 57.5 Å². The lowest BCUT2D eigenvalue weighted by atomic mass is 9.78. The van der Waals surface area contributed by atoms with E-state index in [0.717, 1.165) is 9.80 Å². The molecule has 236 valence electrons. The Morgan fingerprint density at radius 2 is 1.61 bits per heavy atom. The summed E-state index contributed by atoms with van der Waals surface area (Å²) in [5.74, 6) is -7.20. The van der Waals surface area contributed by atoms with Crippen molar-refractivity contribution in [3.8, 4) is 0 Å². The van der Waals surface area contributed by atoms with Crippen LogP contribution >= 0.6 is 46.4 Å². The highest BCUT2D eigenvalue weighted by atomic mass is 35.5. The third kappa shape index (κ3) is 5.40. The third-order valence-electron chi connectivity index (χ3n) is 8.03. The molecular weight excluding hydrogens is 666 g/mol. The van der Waals surface area contributed by atoms with Gasteiger partial charge in [-0.3, -0.25) is 24.2 Å². The summed E-state index contributed by atoms with van der Waals surface area (Å²) in [5.41, 5.74) is -2.91. The molecule has 2 saturated heterocycles. The highest BCUT2D eigenvalue weighted by molar-refractivity contribution is 6.40. The van der Waals surface area contributed by atoms with Crippen molar-refractivity contribution < 1.29 is 37.4 Å². The highest BCUT2D eigenvalue weighted by Crippen LogP contribution is 2.61. The van der Waals surface area contributed by atoms with Gasteiger partial charge in [-0.2, -0.15) is 0 Å². The van der Waals surface area contributed by atoms with Crippen LogP contribution in [0, 0.1) is 11.3 Å². The van der Waals surface area contributed by atoms with Crippen molar-refractivity contribution in [3.63, 3.8) is 0 Å². The molecule has 15 heteroatoms. The number of carbonyl (C=O) groups is 4. The van der Waals surface area contributed by atoms with Gasteiger partial charge in [0.05, 0.1) is 28.6 Å². The number of rotatable bonds is 4. The summed E-state index contributed by atoms with van der Waals surface area (Å²) in [5, 5.41) is 0.360. The molecule has 1 spiro atoms. The molecule has 0 unspecified atom stereocenters. The van der Waals surface area contributed by atoms with E-state index in [1.54, 1.807) is 20.8 Å². The van der Waals surface area contributed by atoms with Gasteiger partial charge in [0.2, 0.25) is 6.79 Å². The first-order chi connectivity index (χ1) is 20.4. The van der Waals surface area contributed by atoms with E-state index in [9.17, 15) is 28.0 Å². The molecule has 3 aliphatic rings.